The van der Waals surface area contributed by atoms with Crippen LogP contribution in [0.2, 0.25) is 0 Å². The van der Waals surface area contributed by atoms with Crippen molar-refractivity contribution in [2.24, 2.45) is 11.1 Å². The number of allylic oxidation sites excluding steroid dienone is 3. The van der Waals surface area contributed by atoms with Gasteiger partial charge in [-0.2, -0.15) is 5.26 Å². The maximum atomic E-state index is 12.8. The van der Waals surface area contributed by atoms with Crippen molar-refractivity contribution >= 4 is 21.7 Å². The summed E-state index contributed by atoms with van der Waals surface area (Å²) in [4.78, 5) is 12.8. The van der Waals surface area contributed by atoms with Crippen LogP contribution < -0.4 is 5.73 Å². The third-order valence-electron chi connectivity index (χ3n) is 4.26. The Morgan fingerprint density at radius 1 is 1.39 bits per heavy atom. The Hall–Kier alpha value is -2.06. The number of ketones is 1. The highest BCUT2D eigenvalue weighted by Crippen LogP contribution is 2.47. The first-order valence-electron chi connectivity index (χ1n) is 7.42. The zero-order chi connectivity index (χ0) is 16.8. The van der Waals surface area contributed by atoms with Gasteiger partial charge in [-0.05, 0) is 23.1 Å². The molecule has 0 radical (unpaired) electrons. The minimum atomic E-state index is -0.454. The summed E-state index contributed by atoms with van der Waals surface area (Å²) in [5, 5.41) is 9.53. The average molecular weight is 373 g/mol. The van der Waals surface area contributed by atoms with E-state index in [0.717, 1.165) is 10.0 Å². The van der Waals surface area contributed by atoms with E-state index in [-0.39, 0.29) is 17.1 Å². The van der Waals surface area contributed by atoms with Crippen LogP contribution in [0.5, 0.6) is 0 Å². The topological polar surface area (TPSA) is 76.1 Å². The molecule has 0 fully saturated rings. The number of carbonyl (C=O) groups excluding carboxylic acids is 1. The molecular weight excluding hydrogens is 356 g/mol. The predicted octanol–water partition coefficient (Wildman–Crippen LogP) is 3.90. The van der Waals surface area contributed by atoms with Gasteiger partial charge in [0.2, 0.25) is 5.88 Å². The van der Waals surface area contributed by atoms with Crippen molar-refractivity contribution in [2.75, 3.05) is 0 Å². The molecule has 2 aliphatic rings. The standard InChI is InChI=1S/C18H17BrN2O2/c1-18(2)7-13(22)16-14(8-18)23-17(21)12(9-20)15(16)10-4-3-5-11(19)6-10/h3-6,15H,7-8,21H2,1-2H3/t15-/m1/s1. The van der Waals surface area contributed by atoms with Crippen LogP contribution >= 0.6 is 15.9 Å². The molecule has 1 aliphatic carbocycles. The normalized spacial score (nSPS) is 23.2. The van der Waals surface area contributed by atoms with Crippen LogP contribution in [0.15, 0.2) is 51.5 Å². The first kappa shape index (κ1) is 15.8. The summed E-state index contributed by atoms with van der Waals surface area (Å²) in [7, 11) is 0. The highest BCUT2D eigenvalue weighted by Gasteiger charge is 2.42. The zero-order valence-electron chi connectivity index (χ0n) is 13.0. The number of rotatable bonds is 1. The van der Waals surface area contributed by atoms with Gasteiger partial charge in [0, 0.05) is 22.9 Å². The number of hydrogen-bond acceptors (Lipinski definition) is 4. The molecule has 5 heteroatoms. The van der Waals surface area contributed by atoms with Gasteiger partial charge in [0.05, 0.1) is 5.92 Å². The van der Waals surface area contributed by atoms with Gasteiger partial charge < -0.3 is 10.5 Å². The molecule has 0 aromatic heterocycles. The Morgan fingerprint density at radius 2 is 2.13 bits per heavy atom. The number of nitrogens with two attached hydrogens (primary N) is 1. The number of carbonyl (C=O) groups is 1. The second-order valence-corrected chi connectivity index (χ2v) is 7.67. The number of benzene rings is 1. The Morgan fingerprint density at radius 3 is 2.78 bits per heavy atom. The summed E-state index contributed by atoms with van der Waals surface area (Å²) in [5.41, 5.74) is 7.55. The summed E-state index contributed by atoms with van der Waals surface area (Å²) in [5.74, 6) is 0.278. The van der Waals surface area contributed by atoms with Crippen LogP contribution in [0.4, 0.5) is 0 Å². The Labute approximate surface area is 143 Å². The van der Waals surface area contributed by atoms with Crippen LogP contribution in [-0.4, -0.2) is 5.78 Å². The van der Waals surface area contributed by atoms with Crippen LogP contribution in [-0.2, 0) is 9.53 Å². The zero-order valence-corrected chi connectivity index (χ0v) is 14.6. The van der Waals surface area contributed by atoms with Crippen LogP contribution in [0, 0.1) is 16.7 Å². The van der Waals surface area contributed by atoms with E-state index < -0.39 is 5.92 Å². The quantitative estimate of drug-likeness (QED) is 0.810. The van der Waals surface area contributed by atoms with Crippen molar-refractivity contribution in [3.05, 3.63) is 57.1 Å². The molecule has 0 bridgehead atoms. The fourth-order valence-electron chi connectivity index (χ4n) is 3.30. The maximum absolute atomic E-state index is 12.8. The van der Waals surface area contributed by atoms with Crippen molar-refractivity contribution in [2.45, 2.75) is 32.6 Å². The van der Waals surface area contributed by atoms with Gasteiger partial charge in [-0.1, -0.05) is 41.9 Å². The van der Waals surface area contributed by atoms with E-state index in [1.54, 1.807) is 0 Å². The van der Waals surface area contributed by atoms with E-state index in [4.69, 9.17) is 10.5 Å². The third kappa shape index (κ3) is 2.79. The van der Waals surface area contributed by atoms with E-state index in [1.807, 2.05) is 38.1 Å². The lowest BCUT2D eigenvalue weighted by Gasteiger charge is -2.37. The molecule has 0 saturated heterocycles. The Balaban J connectivity index is 2.19. The number of nitriles is 1. The highest BCUT2D eigenvalue weighted by atomic mass is 79.9. The van der Waals surface area contributed by atoms with E-state index >= 15 is 0 Å². The average Bonchev–Trinajstić information content (AvgIpc) is 2.44. The highest BCUT2D eigenvalue weighted by molar-refractivity contribution is 9.10. The largest absolute Gasteiger partial charge is 0.444 e. The van der Waals surface area contributed by atoms with E-state index in [2.05, 4.69) is 22.0 Å². The lowest BCUT2D eigenvalue weighted by atomic mass is 9.70. The van der Waals surface area contributed by atoms with Gasteiger partial charge in [-0.3, -0.25) is 4.79 Å². The SMILES string of the molecule is CC1(C)CC(=O)C2=C(C1)OC(N)=C(C#N)[C@H]2c1cccc(Br)c1. The van der Waals surface area contributed by atoms with Gasteiger partial charge in [0.1, 0.15) is 17.4 Å². The van der Waals surface area contributed by atoms with Crippen LogP contribution in [0.3, 0.4) is 0 Å². The minimum Gasteiger partial charge on any atom is -0.444 e. The molecule has 4 nitrogen and oxygen atoms in total. The summed E-state index contributed by atoms with van der Waals surface area (Å²) in [6, 6.07) is 9.74. The Kier molecular flexibility index (Phi) is 3.81. The second kappa shape index (κ2) is 5.54. The monoisotopic (exact) mass is 372 g/mol. The molecule has 0 saturated carbocycles. The van der Waals surface area contributed by atoms with Crippen molar-refractivity contribution in [1.82, 2.24) is 0 Å². The van der Waals surface area contributed by atoms with Gasteiger partial charge >= 0.3 is 0 Å². The van der Waals surface area contributed by atoms with Crippen molar-refractivity contribution in [3.8, 4) is 6.07 Å². The summed E-state index contributed by atoms with van der Waals surface area (Å²) >= 11 is 3.44. The van der Waals surface area contributed by atoms with E-state index in [0.29, 0.717) is 29.7 Å². The van der Waals surface area contributed by atoms with Crippen LogP contribution in [0.25, 0.3) is 0 Å². The molecule has 23 heavy (non-hydrogen) atoms. The smallest absolute Gasteiger partial charge is 0.205 e. The van der Waals surface area contributed by atoms with Gasteiger partial charge in [0.15, 0.2) is 5.78 Å². The predicted molar refractivity (Wildman–Crippen MR) is 89.8 cm³/mol. The number of Topliss-reactive ketones (excluding diaryl/α,β-unsaturated/α-hetero) is 1. The molecule has 0 amide bonds. The van der Waals surface area contributed by atoms with Crippen molar-refractivity contribution in [1.29, 1.82) is 5.26 Å². The fraction of sp³-hybridized carbons (Fsp3) is 0.333. The molecule has 1 aromatic carbocycles. The van der Waals surface area contributed by atoms with Gasteiger partial charge in [-0.25, -0.2) is 0 Å². The van der Waals surface area contributed by atoms with Crippen molar-refractivity contribution in [3.63, 3.8) is 0 Å². The molecule has 1 atom stereocenters. The molecule has 1 aliphatic heterocycles. The molecular formula is C18H17BrN2O2. The molecule has 118 valence electrons. The first-order chi connectivity index (χ1) is 10.8. The minimum absolute atomic E-state index is 0.0291. The first-order valence-corrected chi connectivity index (χ1v) is 8.21. The molecule has 1 heterocycles. The summed E-state index contributed by atoms with van der Waals surface area (Å²) in [6.07, 6.45) is 1.08. The molecule has 0 unspecified atom stereocenters. The Bertz CT molecular complexity index is 799. The third-order valence-corrected chi connectivity index (χ3v) is 4.75. The second-order valence-electron chi connectivity index (χ2n) is 6.76. The maximum Gasteiger partial charge on any atom is 0.205 e. The molecule has 3 rings (SSSR count). The van der Waals surface area contributed by atoms with Crippen LogP contribution in [0.1, 0.15) is 38.2 Å². The number of nitrogens with zero attached hydrogens (tertiary/aromatic N) is 1. The lowest BCUT2D eigenvalue weighted by Crippen LogP contribution is -2.33. The fourth-order valence-corrected chi connectivity index (χ4v) is 3.72. The molecule has 2 N–H and O–H groups in total. The van der Waals surface area contributed by atoms with Gasteiger partial charge in [-0.15, -0.1) is 0 Å². The van der Waals surface area contributed by atoms with Gasteiger partial charge in [0.25, 0.3) is 0 Å². The molecule has 1 aromatic rings. The summed E-state index contributed by atoms with van der Waals surface area (Å²) < 4.78 is 6.56. The number of halogens is 1. The number of ether oxygens (including phenoxy) is 1. The van der Waals surface area contributed by atoms with E-state index in [9.17, 15) is 10.1 Å². The van der Waals surface area contributed by atoms with E-state index in [1.165, 1.54) is 0 Å². The lowest BCUT2D eigenvalue weighted by molar-refractivity contribution is -0.119. The van der Waals surface area contributed by atoms with Crippen molar-refractivity contribution < 1.29 is 9.53 Å². The number of hydrogen-bond donors (Lipinski definition) is 1. The molecule has 0 spiro atoms. The summed E-state index contributed by atoms with van der Waals surface area (Å²) in [6.45, 7) is 4.07.